The first-order chi connectivity index (χ1) is 5.42. The quantitative estimate of drug-likeness (QED) is 0.618. The van der Waals surface area contributed by atoms with E-state index in [4.69, 9.17) is 0 Å². The Labute approximate surface area is 76.3 Å². The number of hydrogen-bond acceptors (Lipinski definition) is 1. The fourth-order valence-corrected chi connectivity index (χ4v) is 4.83. The molecule has 0 unspecified atom stereocenters. The molecule has 1 aliphatic rings. The Morgan fingerprint density at radius 3 is 1.67 bits per heavy atom. The van der Waals surface area contributed by atoms with Crippen LogP contribution in [0.4, 0.5) is 0 Å². The Morgan fingerprint density at radius 1 is 1.00 bits per heavy atom. The Kier molecular flexibility index (Phi) is 2.35. The van der Waals surface area contributed by atoms with Gasteiger partial charge in [0.2, 0.25) is 0 Å². The van der Waals surface area contributed by atoms with Crippen molar-refractivity contribution in [1.82, 2.24) is 5.32 Å². The van der Waals surface area contributed by atoms with Gasteiger partial charge < -0.3 is 5.32 Å². The van der Waals surface area contributed by atoms with Crippen LogP contribution in [0.15, 0.2) is 21.9 Å². The van der Waals surface area contributed by atoms with Crippen molar-refractivity contribution in [2.45, 2.75) is 20.8 Å². The van der Waals surface area contributed by atoms with Crippen LogP contribution in [0.1, 0.15) is 20.8 Å². The first kappa shape index (κ1) is 9.80. The second-order valence-electron chi connectivity index (χ2n) is 3.89. The summed E-state index contributed by atoms with van der Waals surface area (Å²) in [5.74, 6) is 0. The lowest BCUT2D eigenvalue weighted by atomic mass is 10.1. The van der Waals surface area contributed by atoms with Crippen molar-refractivity contribution in [2.24, 2.45) is 0 Å². The summed E-state index contributed by atoms with van der Waals surface area (Å²) in [7, 11) is 1.08. The van der Waals surface area contributed by atoms with E-state index in [0.717, 1.165) is 0 Å². The Hall–Kier alpha value is -0.290. The molecule has 0 aromatic carbocycles. The van der Waals surface area contributed by atoms with Crippen molar-refractivity contribution in [1.29, 1.82) is 0 Å². The maximum atomic E-state index is 3.35. The molecule has 1 rings (SSSR count). The van der Waals surface area contributed by atoms with Crippen molar-refractivity contribution in [2.75, 3.05) is 20.4 Å². The van der Waals surface area contributed by atoms with Crippen molar-refractivity contribution < 1.29 is 0 Å². The zero-order valence-electron chi connectivity index (χ0n) is 8.95. The summed E-state index contributed by atoms with van der Waals surface area (Å²) in [6.07, 6.45) is 0. The molecule has 1 nitrogen and oxygen atoms in total. The SMILES string of the molecule is CNC1=C(C)C(C)=C(C)[P+]1(C)C. The number of rotatable bonds is 1. The summed E-state index contributed by atoms with van der Waals surface area (Å²) in [5.41, 5.74) is 4.45. The van der Waals surface area contributed by atoms with Gasteiger partial charge in [0.1, 0.15) is 0 Å². The highest BCUT2D eigenvalue weighted by Crippen LogP contribution is 2.70. The first-order valence-electron chi connectivity index (χ1n) is 4.34. The topological polar surface area (TPSA) is 12.0 Å². The normalized spacial score (nSPS) is 22.2. The molecule has 0 atom stereocenters. The van der Waals surface area contributed by atoms with Crippen molar-refractivity contribution in [3.8, 4) is 0 Å². The van der Waals surface area contributed by atoms with Gasteiger partial charge in [0.05, 0.1) is 25.9 Å². The lowest BCUT2D eigenvalue weighted by Crippen LogP contribution is -2.08. The first-order valence-corrected chi connectivity index (χ1v) is 7.02. The van der Waals surface area contributed by atoms with Crippen LogP contribution in [0.5, 0.6) is 0 Å². The van der Waals surface area contributed by atoms with Gasteiger partial charge in [-0.3, -0.25) is 0 Å². The van der Waals surface area contributed by atoms with Gasteiger partial charge in [-0.25, -0.2) is 0 Å². The molecule has 2 heteroatoms. The zero-order chi connectivity index (χ0) is 9.52. The Morgan fingerprint density at radius 2 is 1.50 bits per heavy atom. The second-order valence-corrected chi connectivity index (χ2v) is 7.91. The van der Waals surface area contributed by atoms with Gasteiger partial charge in [0, 0.05) is 12.6 Å². The van der Waals surface area contributed by atoms with E-state index in [1.165, 1.54) is 16.6 Å². The maximum Gasteiger partial charge on any atom is 0.164 e. The van der Waals surface area contributed by atoms with E-state index in [9.17, 15) is 0 Å². The summed E-state index contributed by atoms with van der Waals surface area (Å²) in [6.45, 7) is 11.5. The molecule has 12 heavy (non-hydrogen) atoms. The molecule has 1 N–H and O–H groups in total. The van der Waals surface area contributed by atoms with Crippen molar-refractivity contribution in [3.63, 3.8) is 0 Å². The van der Waals surface area contributed by atoms with Gasteiger partial charge in [-0.05, 0) is 26.3 Å². The molecule has 0 amide bonds. The molecule has 1 heterocycles. The molecular formula is C10H19NP+. The lowest BCUT2D eigenvalue weighted by Gasteiger charge is -2.16. The van der Waals surface area contributed by atoms with Crippen LogP contribution in [0, 0.1) is 0 Å². The highest BCUT2D eigenvalue weighted by atomic mass is 31.2. The third-order valence-electron chi connectivity index (χ3n) is 3.09. The second kappa shape index (κ2) is 2.88. The van der Waals surface area contributed by atoms with E-state index in [-0.39, 0.29) is 0 Å². The number of allylic oxidation sites excluding steroid dienone is 3. The van der Waals surface area contributed by atoms with Gasteiger partial charge >= 0.3 is 0 Å². The minimum atomic E-state index is -0.959. The predicted molar refractivity (Wildman–Crippen MR) is 58.9 cm³/mol. The van der Waals surface area contributed by atoms with Gasteiger partial charge in [0.15, 0.2) is 5.44 Å². The fraction of sp³-hybridized carbons (Fsp3) is 0.600. The highest BCUT2D eigenvalue weighted by molar-refractivity contribution is 7.82. The molecule has 0 radical (unpaired) electrons. The minimum Gasteiger partial charge on any atom is -0.359 e. The molecule has 0 saturated heterocycles. The standard InChI is InChI=1S/C10H19NP/c1-7-8(2)10(11-4)12(5,6)9(7)3/h11H,1-6H3/q+1. The third kappa shape index (κ3) is 1.11. The average molecular weight is 184 g/mol. The van der Waals surface area contributed by atoms with E-state index in [1.807, 2.05) is 7.05 Å². The van der Waals surface area contributed by atoms with Crippen LogP contribution in [0.25, 0.3) is 0 Å². The van der Waals surface area contributed by atoms with Crippen LogP contribution in [-0.2, 0) is 0 Å². The number of nitrogens with one attached hydrogen (secondary N) is 1. The molecular weight excluding hydrogens is 165 g/mol. The molecule has 0 bridgehead atoms. The molecule has 68 valence electrons. The summed E-state index contributed by atoms with van der Waals surface area (Å²) in [6, 6.07) is 0. The molecule has 0 spiro atoms. The van der Waals surface area contributed by atoms with E-state index < -0.39 is 7.26 Å². The monoisotopic (exact) mass is 184 g/mol. The smallest absolute Gasteiger partial charge is 0.164 e. The van der Waals surface area contributed by atoms with Gasteiger partial charge in [-0.1, -0.05) is 0 Å². The van der Waals surface area contributed by atoms with Crippen LogP contribution < -0.4 is 5.32 Å². The van der Waals surface area contributed by atoms with E-state index >= 15 is 0 Å². The Bertz CT molecular complexity index is 272. The number of hydrogen-bond donors (Lipinski definition) is 1. The minimum absolute atomic E-state index is 0.959. The summed E-state index contributed by atoms with van der Waals surface area (Å²) >= 11 is 0. The van der Waals surface area contributed by atoms with E-state index in [2.05, 4.69) is 39.4 Å². The van der Waals surface area contributed by atoms with Crippen LogP contribution in [-0.4, -0.2) is 20.4 Å². The van der Waals surface area contributed by atoms with Gasteiger partial charge in [-0.15, -0.1) is 0 Å². The average Bonchev–Trinajstić information content (AvgIpc) is 2.13. The maximum absolute atomic E-state index is 3.35. The van der Waals surface area contributed by atoms with Crippen molar-refractivity contribution >= 4 is 7.26 Å². The third-order valence-corrected chi connectivity index (χ3v) is 6.78. The van der Waals surface area contributed by atoms with Crippen LogP contribution in [0.3, 0.4) is 0 Å². The van der Waals surface area contributed by atoms with Gasteiger partial charge in [0.25, 0.3) is 0 Å². The largest absolute Gasteiger partial charge is 0.359 e. The lowest BCUT2D eigenvalue weighted by molar-refractivity contribution is 1.05. The molecule has 0 saturated carbocycles. The van der Waals surface area contributed by atoms with Gasteiger partial charge in [-0.2, -0.15) is 0 Å². The molecule has 0 aromatic rings. The molecule has 0 aromatic heterocycles. The van der Waals surface area contributed by atoms with E-state index in [1.54, 1.807) is 5.31 Å². The van der Waals surface area contributed by atoms with E-state index in [0.29, 0.717) is 0 Å². The predicted octanol–water partition coefficient (Wildman–Crippen LogP) is 3.02. The zero-order valence-corrected chi connectivity index (χ0v) is 9.84. The fourth-order valence-electron chi connectivity index (χ4n) is 1.92. The molecule has 1 aliphatic heterocycles. The van der Waals surface area contributed by atoms with Crippen molar-refractivity contribution in [3.05, 3.63) is 21.9 Å². The molecule has 0 aliphatic carbocycles. The van der Waals surface area contributed by atoms with Crippen LogP contribution in [0.2, 0.25) is 0 Å². The molecule has 0 fully saturated rings. The van der Waals surface area contributed by atoms with Crippen LogP contribution >= 0.6 is 7.26 Å². The summed E-state index contributed by atoms with van der Waals surface area (Å²) < 4.78 is 0. The highest BCUT2D eigenvalue weighted by Gasteiger charge is 2.41. The summed E-state index contributed by atoms with van der Waals surface area (Å²) in [5, 5.41) is 4.95. The summed E-state index contributed by atoms with van der Waals surface area (Å²) in [4.78, 5) is 0. The Balaban J connectivity index is 3.23.